The van der Waals surface area contributed by atoms with Crippen molar-refractivity contribution in [3.8, 4) is 11.6 Å². The number of para-hydroxylation sites is 2. The van der Waals surface area contributed by atoms with E-state index >= 15 is 0 Å². The average Bonchev–Trinajstić information content (AvgIpc) is 3.13. The Morgan fingerprint density at radius 2 is 1.74 bits per heavy atom. The molecule has 4 nitrogen and oxygen atoms in total. The third-order valence-electron chi connectivity index (χ3n) is 5.29. The molecule has 0 aliphatic heterocycles. The SMILES string of the molecule is [2H]c1ccnc(-n2c3ccccc3c3ccc(Sc4ccc5cc([2H])cc(O)c5n4)cc32)c1. The molecule has 0 atom stereocenters. The molecule has 0 aliphatic carbocycles. The minimum absolute atomic E-state index is 0.0110. The molecule has 31 heavy (non-hydrogen) atoms. The lowest BCUT2D eigenvalue weighted by Crippen LogP contribution is -1.96. The van der Waals surface area contributed by atoms with Gasteiger partial charge in [0.05, 0.1) is 13.8 Å². The van der Waals surface area contributed by atoms with Crippen LogP contribution in [-0.2, 0) is 0 Å². The van der Waals surface area contributed by atoms with Crippen molar-refractivity contribution in [1.29, 1.82) is 0 Å². The molecule has 0 amide bonds. The zero-order valence-corrected chi connectivity index (χ0v) is 17.1. The van der Waals surface area contributed by atoms with Crippen molar-refractivity contribution in [3.05, 3.63) is 97.1 Å². The Hall–Kier alpha value is -3.83. The highest BCUT2D eigenvalue weighted by molar-refractivity contribution is 7.99. The highest BCUT2D eigenvalue weighted by atomic mass is 32.2. The number of pyridine rings is 2. The molecule has 1 N–H and O–H groups in total. The first kappa shape index (κ1) is 15.9. The lowest BCUT2D eigenvalue weighted by Gasteiger charge is -2.08. The van der Waals surface area contributed by atoms with E-state index in [0.717, 1.165) is 37.1 Å². The summed E-state index contributed by atoms with van der Waals surface area (Å²) >= 11 is 1.51. The van der Waals surface area contributed by atoms with E-state index in [1.54, 1.807) is 24.4 Å². The first-order valence-electron chi connectivity index (χ1n) is 10.8. The van der Waals surface area contributed by atoms with E-state index in [1.165, 1.54) is 17.8 Å². The third-order valence-corrected chi connectivity index (χ3v) is 6.22. The molecule has 0 aliphatic rings. The highest BCUT2D eigenvalue weighted by Gasteiger charge is 2.14. The molecule has 0 radical (unpaired) electrons. The summed E-state index contributed by atoms with van der Waals surface area (Å²) in [5, 5.41) is 14.0. The topological polar surface area (TPSA) is 50.9 Å². The van der Waals surface area contributed by atoms with Crippen molar-refractivity contribution in [1.82, 2.24) is 14.5 Å². The van der Waals surface area contributed by atoms with Crippen molar-refractivity contribution >= 4 is 44.5 Å². The second-order valence-corrected chi connectivity index (χ2v) is 8.27. The number of benzene rings is 3. The lowest BCUT2D eigenvalue weighted by atomic mass is 10.2. The van der Waals surface area contributed by atoms with Gasteiger partial charge in [-0.15, -0.1) is 0 Å². The Balaban J connectivity index is 1.50. The highest BCUT2D eigenvalue weighted by Crippen LogP contribution is 2.36. The summed E-state index contributed by atoms with van der Waals surface area (Å²) in [7, 11) is 0. The van der Waals surface area contributed by atoms with Gasteiger partial charge in [-0.05, 0) is 48.5 Å². The van der Waals surface area contributed by atoms with Gasteiger partial charge in [-0.3, -0.25) is 4.57 Å². The van der Waals surface area contributed by atoms with Gasteiger partial charge < -0.3 is 5.11 Å². The van der Waals surface area contributed by atoms with E-state index in [0.29, 0.717) is 17.4 Å². The van der Waals surface area contributed by atoms with E-state index in [1.807, 2.05) is 24.3 Å². The molecule has 3 aromatic carbocycles. The molecule has 0 spiro atoms. The van der Waals surface area contributed by atoms with Crippen LogP contribution in [0.2, 0.25) is 0 Å². The molecular weight excluding hydrogens is 402 g/mol. The molecule has 0 fully saturated rings. The molecule has 6 rings (SSSR count). The normalized spacial score (nSPS) is 12.4. The number of rotatable bonds is 3. The Kier molecular flexibility index (Phi) is 3.67. The number of phenols is 1. The predicted octanol–water partition coefficient (Wildman–Crippen LogP) is 6.58. The molecule has 0 unspecified atom stereocenters. The number of hydrogen-bond donors (Lipinski definition) is 1. The summed E-state index contributed by atoms with van der Waals surface area (Å²) in [5.41, 5.74) is 2.53. The van der Waals surface area contributed by atoms with E-state index in [4.69, 9.17) is 2.74 Å². The summed E-state index contributed by atoms with van der Waals surface area (Å²) < 4.78 is 17.9. The number of phenolic OH excluding ortho intramolecular Hbond substituents is 1. The molecule has 0 bridgehead atoms. The summed E-state index contributed by atoms with van der Waals surface area (Å²) in [6.45, 7) is 0. The maximum Gasteiger partial charge on any atom is 0.141 e. The van der Waals surface area contributed by atoms with E-state index < -0.39 is 0 Å². The van der Waals surface area contributed by atoms with Gasteiger partial charge in [0.25, 0.3) is 0 Å². The Bertz CT molecular complexity index is 1700. The third kappa shape index (κ3) is 3.02. The molecule has 0 saturated carbocycles. The van der Waals surface area contributed by atoms with Gasteiger partial charge in [0.1, 0.15) is 22.1 Å². The molecule has 0 saturated heterocycles. The van der Waals surface area contributed by atoms with Crippen LogP contribution in [0, 0.1) is 0 Å². The number of hydrogen-bond acceptors (Lipinski definition) is 4. The number of aromatic nitrogens is 3. The second kappa shape index (κ2) is 7.15. The van der Waals surface area contributed by atoms with Gasteiger partial charge in [0.15, 0.2) is 0 Å². The quantitative estimate of drug-likeness (QED) is 0.350. The number of nitrogens with zero attached hydrogens (tertiary/aromatic N) is 3. The minimum Gasteiger partial charge on any atom is -0.506 e. The van der Waals surface area contributed by atoms with Crippen LogP contribution in [0.4, 0.5) is 0 Å². The summed E-state index contributed by atoms with van der Waals surface area (Å²) in [5.74, 6) is 0.715. The van der Waals surface area contributed by atoms with Crippen LogP contribution >= 0.6 is 11.8 Å². The van der Waals surface area contributed by atoms with Crippen molar-refractivity contribution in [2.45, 2.75) is 9.92 Å². The molecule has 148 valence electrons. The van der Waals surface area contributed by atoms with E-state index in [2.05, 4.69) is 44.9 Å². The van der Waals surface area contributed by atoms with Crippen LogP contribution in [-0.4, -0.2) is 19.6 Å². The Labute approximate surface area is 185 Å². The molecule has 5 heteroatoms. The average molecular weight is 422 g/mol. The van der Waals surface area contributed by atoms with Gasteiger partial charge in [0.2, 0.25) is 0 Å². The van der Waals surface area contributed by atoms with Crippen molar-refractivity contribution in [3.63, 3.8) is 0 Å². The monoisotopic (exact) mass is 421 g/mol. The summed E-state index contributed by atoms with van der Waals surface area (Å²) in [4.78, 5) is 10.1. The Morgan fingerprint density at radius 3 is 2.68 bits per heavy atom. The summed E-state index contributed by atoms with van der Waals surface area (Å²) in [6.07, 6.45) is 1.66. The van der Waals surface area contributed by atoms with E-state index in [-0.39, 0.29) is 11.8 Å². The van der Waals surface area contributed by atoms with Crippen LogP contribution in [0.15, 0.2) is 107 Å². The smallest absolute Gasteiger partial charge is 0.141 e. The summed E-state index contributed by atoms with van der Waals surface area (Å²) in [6, 6.07) is 25.4. The van der Waals surface area contributed by atoms with Gasteiger partial charge in [-0.1, -0.05) is 54.2 Å². The zero-order chi connectivity index (χ0) is 22.5. The van der Waals surface area contributed by atoms with Crippen LogP contribution < -0.4 is 0 Å². The van der Waals surface area contributed by atoms with Gasteiger partial charge in [-0.2, -0.15) is 0 Å². The maximum absolute atomic E-state index is 10.2. The molecular formula is C26H17N3OS. The van der Waals surface area contributed by atoms with Gasteiger partial charge in [0, 0.05) is 27.3 Å². The van der Waals surface area contributed by atoms with Gasteiger partial charge in [-0.25, -0.2) is 9.97 Å². The van der Waals surface area contributed by atoms with Crippen LogP contribution in [0.25, 0.3) is 38.5 Å². The first-order chi connectivity index (χ1) is 16.1. The second-order valence-electron chi connectivity index (χ2n) is 7.18. The van der Waals surface area contributed by atoms with Crippen LogP contribution in [0.5, 0.6) is 5.75 Å². The van der Waals surface area contributed by atoms with Crippen LogP contribution in [0.3, 0.4) is 0 Å². The van der Waals surface area contributed by atoms with Crippen molar-refractivity contribution < 1.29 is 7.85 Å². The fraction of sp³-hybridized carbons (Fsp3) is 0. The largest absolute Gasteiger partial charge is 0.506 e. The van der Waals surface area contributed by atoms with Crippen molar-refractivity contribution in [2.24, 2.45) is 0 Å². The van der Waals surface area contributed by atoms with E-state index in [9.17, 15) is 5.11 Å². The molecule has 3 aromatic heterocycles. The van der Waals surface area contributed by atoms with Crippen molar-refractivity contribution in [2.75, 3.05) is 0 Å². The maximum atomic E-state index is 10.2. The Morgan fingerprint density at radius 1 is 0.839 bits per heavy atom. The standard InChI is InChI=1S/C26H17N3OS/c30-23-9-5-6-17-11-14-25(28-26(17)23)31-18-12-13-20-19-7-1-2-8-21(19)29(22(20)16-18)24-10-3-4-15-27-24/h1-16,30H/i3D,5D. The number of aromatic hydroxyl groups is 1. The fourth-order valence-corrected chi connectivity index (χ4v) is 4.75. The molecule has 6 aromatic rings. The first-order valence-corrected chi connectivity index (χ1v) is 10.6. The minimum atomic E-state index is 0.0110. The lowest BCUT2D eigenvalue weighted by molar-refractivity contribution is 0.480. The molecule has 3 heterocycles. The zero-order valence-electron chi connectivity index (χ0n) is 18.3. The van der Waals surface area contributed by atoms with Crippen LogP contribution in [0.1, 0.15) is 2.74 Å². The fourth-order valence-electron chi connectivity index (χ4n) is 3.93. The van der Waals surface area contributed by atoms with Gasteiger partial charge >= 0.3 is 0 Å². The number of fused-ring (bicyclic) bond motifs is 4. The predicted molar refractivity (Wildman–Crippen MR) is 126 cm³/mol.